The van der Waals surface area contributed by atoms with Crippen LogP contribution in [-0.2, 0) is 10.0 Å². The highest BCUT2D eigenvalue weighted by Gasteiger charge is 2.29. The summed E-state index contributed by atoms with van der Waals surface area (Å²) < 4.78 is 33.4. The van der Waals surface area contributed by atoms with Crippen LogP contribution in [0.5, 0.6) is 0 Å². The fourth-order valence-corrected chi connectivity index (χ4v) is 5.11. The molecule has 154 valence electrons. The Bertz CT molecular complexity index is 956. The number of furan rings is 1. The van der Waals surface area contributed by atoms with Crippen molar-refractivity contribution in [2.45, 2.75) is 51.3 Å². The van der Waals surface area contributed by atoms with E-state index in [9.17, 15) is 13.2 Å². The van der Waals surface area contributed by atoms with Gasteiger partial charge < -0.3 is 9.32 Å². The molecule has 1 aromatic carbocycles. The topological polar surface area (TPSA) is 70.8 Å². The molecule has 2 heterocycles. The molecule has 1 aliphatic heterocycles. The zero-order valence-electron chi connectivity index (χ0n) is 17.2. The Hall–Kier alpha value is -1.86. The number of amides is 1. The van der Waals surface area contributed by atoms with Crippen molar-refractivity contribution in [1.82, 2.24) is 9.21 Å². The Labute approximate surface area is 167 Å². The molecule has 28 heavy (non-hydrogen) atoms. The maximum atomic E-state index is 13.0. The fourth-order valence-electron chi connectivity index (χ4n) is 3.61. The van der Waals surface area contributed by atoms with Gasteiger partial charge in [0.2, 0.25) is 10.0 Å². The second kappa shape index (κ2) is 8.25. The van der Waals surface area contributed by atoms with Crippen molar-refractivity contribution < 1.29 is 17.6 Å². The van der Waals surface area contributed by atoms with Gasteiger partial charge in [-0.1, -0.05) is 20.3 Å². The van der Waals surface area contributed by atoms with E-state index in [2.05, 4.69) is 13.8 Å². The van der Waals surface area contributed by atoms with E-state index < -0.39 is 10.0 Å². The van der Waals surface area contributed by atoms with Gasteiger partial charge in [-0.05, 0) is 50.3 Å². The standard InChI is InChI=1S/C21H30N2O4S/c1-5-6-11-22(4)21(24)20-16(3)18-14-17(7-8-19(18)27-20)28(25,26)23-12-9-15(2)10-13-23/h7-8,14-15H,5-6,9-13H2,1-4H3. The van der Waals surface area contributed by atoms with Gasteiger partial charge in [-0.3, -0.25) is 4.79 Å². The molecule has 0 aliphatic carbocycles. The first-order valence-corrected chi connectivity index (χ1v) is 11.5. The zero-order valence-corrected chi connectivity index (χ0v) is 18.0. The number of unbranched alkanes of at least 4 members (excludes halogenated alkanes) is 1. The van der Waals surface area contributed by atoms with Crippen molar-refractivity contribution in [2.24, 2.45) is 5.92 Å². The lowest BCUT2D eigenvalue weighted by Gasteiger charge is -2.29. The van der Waals surface area contributed by atoms with Gasteiger partial charge in [-0.15, -0.1) is 0 Å². The summed E-state index contributed by atoms with van der Waals surface area (Å²) in [6, 6.07) is 4.88. The average molecular weight is 407 g/mol. The van der Waals surface area contributed by atoms with Crippen LogP contribution in [0.25, 0.3) is 11.0 Å². The Morgan fingerprint density at radius 3 is 2.61 bits per heavy atom. The molecule has 1 amide bonds. The molecule has 1 fully saturated rings. The second-order valence-electron chi connectivity index (χ2n) is 7.88. The number of rotatable bonds is 6. The summed E-state index contributed by atoms with van der Waals surface area (Å²) in [5.41, 5.74) is 1.23. The molecule has 0 bridgehead atoms. The Morgan fingerprint density at radius 1 is 1.29 bits per heavy atom. The number of fused-ring (bicyclic) bond motifs is 1. The monoisotopic (exact) mass is 406 g/mol. The van der Waals surface area contributed by atoms with Gasteiger partial charge in [0.25, 0.3) is 5.91 Å². The summed E-state index contributed by atoms with van der Waals surface area (Å²) in [7, 11) is -1.77. The summed E-state index contributed by atoms with van der Waals surface area (Å²) >= 11 is 0. The average Bonchev–Trinajstić information content (AvgIpc) is 3.02. The molecule has 0 unspecified atom stereocenters. The van der Waals surface area contributed by atoms with Crippen LogP contribution in [0.2, 0.25) is 0 Å². The molecule has 1 aliphatic rings. The van der Waals surface area contributed by atoms with Crippen LogP contribution in [-0.4, -0.2) is 50.2 Å². The first-order valence-electron chi connectivity index (χ1n) is 10.0. The van der Waals surface area contributed by atoms with E-state index in [1.807, 2.05) is 6.92 Å². The summed E-state index contributed by atoms with van der Waals surface area (Å²) in [4.78, 5) is 14.6. The molecule has 0 N–H and O–H groups in total. The van der Waals surface area contributed by atoms with Crippen LogP contribution in [0, 0.1) is 12.8 Å². The van der Waals surface area contributed by atoms with Crippen molar-refractivity contribution in [2.75, 3.05) is 26.7 Å². The van der Waals surface area contributed by atoms with Gasteiger partial charge in [-0.2, -0.15) is 4.31 Å². The number of sulfonamides is 1. The molecule has 3 rings (SSSR count). The van der Waals surface area contributed by atoms with Crippen molar-refractivity contribution in [3.05, 3.63) is 29.5 Å². The highest BCUT2D eigenvalue weighted by molar-refractivity contribution is 7.89. The van der Waals surface area contributed by atoms with E-state index in [-0.39, 0.29) is 16.6 Å². The number of benzene rings is 1. The first-order chi connectivity index (χ1) is 13.3. The molecule has 0 atom stereocenters. The molecule has 2 aromatic rings. The number of carbonyl (C=O) groups is 1. The number of carbonyl (C=O) groups excluding carboxylic acids is 1. The minimum atomic E-state index is -3.54. The Balaban J connectivity index is 1.92. The summed E-state index contributed by atoms with van der Waals surface area (Å²) in [6.07, 6.45) is 3.70. The van der Waals surface area contributed by atoms with Crippen LogP contribution in [0.4, 0.5) is 0 Å². The highest BCUT2D eigenvalue weighted by Crippen LogP contribution is 2.30. The fraction of sp³-hybridized carbons (Fsp3) is 0.571. The lowest BCUT2D eigenvalue weighted by atomic mass is 10.0. The number of hydrogen-bond acceptors (Lipinski definition) is 4. The third-order valence-electron chi connectivity index (χ3n) is 5.68. The molecule has 7 heteroatoms. The van der Waals surface area contributed by atoms with E-state index in [0.717, 1.165) is 25.7 Å². The third kappa shape index (κ3) is 3.96. The van der Waals surface area contributed by atoms with Crippen LogP contribution in [0.3, 0.4) is 0 Å². The van der Waals surface area contributed by atoms with Crippen LogP contribution in [0.15, 0.2) is 27.5 Å². The van der Waals surface area contributed by atoms with E-state index >= 15 is 0 Å². The molecule has 0 spiro atoms. The number of nitrogens with zero attached hydrogens (tertiary/aromatic N) is 2. The quantitative estimate of drug-likeness (QED) is 0.726. The molecule has 6 nitrogen and oxygen atoms in total. The molecule has 0 radical (unpaired) electrons. The first kappa shape index (κ1) is 20.9. The van der Waals surface area contributed by atoms with Crippen LogP contribution in [0.1, 0.15) is 55.6 Å². The van der Waals surface area contributed by atoms with E-state index in [1.54, 1.807) is 34.5 Å². The molecular weight excluding hydrogens is 376 g/mol. The van der Waals surface area contributed by atoms with Crippen LogP contribution >= 0.6 is 0 Å². The van der Waals surface area contributed by atoms with Crippen molar-refractivity contribution >= 4 is 26.9 Å². The van der Waals surface area contributed by atoms with Gasteiger partial charge >= 0.3 is 0 Å². The normalized spacial score (nSPS) is 16.6. The minimum Gasteiger partial charge on any atom is -0.451 e. The van der Waals surface area contributed by atoms with Gasteiger partial charge in [0.1, 0.15) is 5.58 Å². The van der Waals surface area contributed by atoms with E-state index in [1.165, 1.54) is 0 Å². The van der Waals surface area contributed by atoms with Gasteiger partial charge in [0.05, 0.1) is 4.90 Å². The summed E-state index contributed by atoms with van der Waals surface area (Å²) in [6.45, 7) is 7.82. The molecular formula is C21H30N2O4S. The number of piperidine rings is 1. The molecule has 1 saturated heterocycles. The van der Waals surface area contributed by atoms with Crippen LogP contribution < -0.4 is 0 Å². The highest BCUT2D eigenvalue weighted by atomic mass is 32.2. The number of aryl methyl sites for hydroxylation is 1. The molecule has 1 aromatic heterocycles. The predicted octanol–water partition coefficient (Wildman–Crippen LogP) is 4.03. The van der Waals surface area contributed by atoms with Gasteiger partial charge in [0.15, 0.2) is 5.76 Å². The van der Waals surface area contributed by atoms with Crippen molar-refractivity contribution in [3.63, 3.8) is 0 Å². The van der Waals surface area contributed by atoms with Crippen molar-refractivity contribution in [1.29, 1.82) is 0 Å². The smallest absolute Gasteiger partial charge is 0.289 e. The largest absolute Gasteiger partial charge is 0.451 e. The van der Waals surface area contributed by atoms with E-state index in [0.29, 0.717) is 42.1 Å². The molecule has 0 saturated carbocycles. The SMILES string of the molecule is CCCCN(C)C(=O)c1oc2ccc(S(=O)(=O)N3CCC(C)CC3)cc2c1C. The number of hydrogen-bond donors (Lipinski definition) is 0. The van der Waals surface area contributed by atoms with Gasteiger partial charge in [-0.25, -0.2) is 8.42 Å². The van der Waals surface area contributed by atoms with Crippen molar-refractivity contribution in [3.8, 4) is 0 Å². The van der Waals surface area contributed by atoms with E-state index in [4.69, 9.17) is 4.42 Å². The Morgan fingerprint density at radius 2 is 1.96 bits per heavy atom. The minimum absolute atomic E-state index is 0.170. The zero-order chi connectivity index (χ0) is 20.5. The summed E-state index contributed by atoms with van der Waals surface area (Å²) in [5, 5.41) is 0.679. The lowest BCUT2D eigenvalue weighted by molar-refractivity contribution is 0.0763. The maximum absolute atomic E-state index is 13.0. The third-order valence-corrected chi connectivity index (χ3v) is 7.57. The predicted molar refractivity (Wildman–Crippen MR) is 110 cm³/mol. The summed E-state index contributed by atoms with van der Waals surface area (Å²) in [5.74, 6) is 0.676. The Kier molecular flexibility index (Phi) is 6.15. The second-order valence-corrected chi connectivity index (χ2v) is 9.82. The lowest BCUT2D eigenvalue weighted by Crippen LogP contribution is -2.37. The van der Waals surface area contributed by atoms with Gasteiger partial charge in [0, 0.05) is 37.6 Å². The maximum Gasteiger partial charge on any atom is 0.289 e.